The van der Waals surface area contributed by atoms with Gasteiger partial charge in [-0.2, -0.15) is 0 Å². The molecular weight excluding hydrogens is 436 g/mol. The Morgan fingerprint density at radius 3 is 1.89 bits per heavy atom. The van der Waals surface area contributed by atoms with Crippen LogP contribution < -0.4 is 5.19 Å². The standard InChI is InChI=1S/C34H40Si/c1-4-7-12-26-18-22-28(23-19-26)31-15-10-17-33(35-32-16-9-14-29(32)11-6-3)34(31)30-24-20-27(21-25-30)13-8-5-2/h9-10,14-15,17-25H,4-8,11-13,16H2,1-3H3. The van der Waals surface area contributed by atoms with E-state index in [1.165, 1.54) is 89.9 Å². The highest BCUT2D eigenvalue weighted by atomic mass is 28.2. The predicted octanol–water partition coefficient (Wildman–Crippen LogP) is 9.05. The van der Waals surface area contributed by atoms with Crippen molar-refractivity contribution in [1.82, 2.24) is 0 Å². The average Bonchev–Trinajstić information content (AvgIpc) is 3.33. The van der Waals surface area contributed by atoms with Crippen LogP contribution in [-0.2, 0) is 12.8 Å². The molecule has 1 aliphatic rings. The van der Waals surface area contributed by atoms with Crippen molar-refractivity contribution in [2.45, 2.75) is 78.6 Å². The molecule has 0 atom stereocenters. The van der Waals surface area contributed by atoms with Crippen molar-refractivity contribution < 1.29 is 0 Å². The van der Waals surface area contributed by atoms with Crippen molar-refractivity contribution in [1.29, 1.82) is 0 Å². The Bertz CT molecular complexity index is 1150. The maximum absolute atomic E-state index is 2.37. The Kier molecular flexibility index (Phi) is 9.37. The maximum Gasteiger partial charge on any atom is 0.117 e. The molecule has 1 heteroatoms. The third kappa shape index (κ3) is 6.52. The SMILES string of the molecule is CCCCc1ccc(-c2cccc([Si]C3=C(CCC)C=CC3)c2-c2ccc(CCCC)cc2)cc1. The average molecular weight is 477 g/mol. The van der Waals surface area contributed by atoms with E-state index < -0.39 is 0 Å². The van der Waals surface area contributed by atoms with E-state index in [0.29, 0.717) is 0 Å². The maximum atomic E-state index is 2.37. The van der Waals surface area contributed by atoms with Gasteiger partial charge in [0.05, 0.1) is 0 Å². The van der Waals surface area contributed by atoms with E-state index in [1.807, 2.05) is 0 Å². The lowest BCUT2D eigenvalue weighted by atomic mass is 9.92. The zero-order valence-corrected chi connectivity index (χ0v) is 22.9. The summed E-state index contributed by atoms with van der Waals surface area (Å²) in [6, 6.07) is 25.7. The normalized spacial score (nSPS) is 13.1. The van der Waals surface area contributed by atoms with Gasteiger partial charge in [-0.25, -0.2) is 0 Å². The van der Waals surface area contributed by atoms with Gasteiger partial charge in [-0.05, 0) is 71.9 Å². The van der Waals surface area contributed by atoms with Gasteiger partial charge in [0.1, 0.15) is 9.52 Å². The monoisotopic (exact) mass is 476 g/mol. The van der Waals surface area contributed by atoms with Gasteiger partial charge in [0.15, 0.2) is 0 Å². The summed E-state index contributed by atoms with van der Waals surface area (Å²) < 4.78 is 0. The summed E-state index contributed by atoms with van der Waals surface area (Å²) in [5.74, 6) is 0. The predicted molar refractivity (Wildman–Crippen MR) is 156 cm³/mol. The van der Waals surface area contributed by atoms with Gasteiger partial charge < -0.3 is 0 Å². The second-order valence-electron chi connectivity index (χ2n) is 9.81. The first-order chi connectivity index (χ1) is 17.2. The number of unbranched alkanes of at least 4 members (excludes halogenated alkanes) is 2. The second kappa shape index (κ2) is 12.9. The van der Waals surface area contributed by atoms with Crippen molar-refractivity contribution in [3.8, 4) is 22.3 Å². The first-order valence-electron chi connectivity index (χ1n) is 13.7. The smallest absolute Gasteiger partial charge is 0.0806 e. The first-order valence-corrected chi connectivity index (χ1v) is 14.7. The molecule has 4 rings (SSSR count). The van der Waals surface area contributed by atoms with Gasteiger partial charge in [-0.3, -0.25) is 0 Å². The topological polar surface area (TPSA) is 0 Å². The van der Waals surface area contributed by atoms with Crippen LogP contribution in [0.25, 0.3) is 22.3 Å². The summed E-state index contributed by atoms with van der Waals surface area (Å²) in [4.78, 5) is 0. The summed E-state index contributed by atoms with van der Waals surface area (Å²) >= 11 is 0. The van der Waals surface area contributed by atoms with Crippen LogP contribution in [0.3, 0.4) is 0 Å². The molecule has 0 spiro atoms. The lowest BCUT2D eigenvalue weighted by Gasteiger charge is -2.17. The summed E-state index contributed by atoms with van der Waals surface area (Å²) in [5, 5.41) is 3.10. The fraction of sp³-hybridized carbons (Fsp3) is 0.353. The molecule has 0 bridgehead atoms. The lowest BCUT2D eigenvalue weighted by molar-refractivity contribution is 0.795. The minimum Gasteiger partial charge on any atom is -0.0806 e. The van der Waals surface area contributed by atoms with Gasteiger partial charge in [0.25, 0.3) is 0 Å². The molecule has 0 unspecified atom stereocenters. The minimum atomic E-state index is 0.726. The molecular formula is C34H40Si. The molecule has 180 valence electrons. The van der Waals surface area contributed by atoms with Gasteiger partial charge >= 0.3 is 0 Å². The molecule has 3 aromatic carbocycles. The first kappa shape index (κ1) is 25.4. The molecule has 0 aromatic heterocycles. The van der Waals surface area contributed by atoms with E-state index in [9.17, 15) is 0 Å². The number of aryl methyl sites for hydroxylation is 2. The lowest BCUT2D eigenvalue weighted by Crippen LogP contribution is -2.20. The third-order valence-corrected chi connectivity index (χ3v) is 8.56. The van der Waals surface area contributed by atoms with Crippen LogP contribution in [0, 0.1) is 0 Å². The number of allylic oxidation sites excluding steroid dienone is 4. The van der Waals surface area contributed by atoms with E-state index in [4.69, 9.17) is 0 Å². The Balaban J connectivity index is 1.75. The van der Waals surface area contributed by atoms with E-state index >= 15 is 0 Å². The summed E-state index contributed by atoms with van der Waals surface area (Å²) in [7, 11) is 0.726. The number of hydrogen-bond donors (Lipinski definition) is 0. The molecule has 0 heterocycles. The Morgan fingerprint density at radius 2 is 1.29 bits per heavy atom. The summed E-state index contributed by atoms with van der Waals surface area (Å²) in [6.07, 6.45) is 15.6. The Hall–Kier alpha value is -2.64. The van der Waals surface area contributed by atoms with Crippen LogP contribution in [-0.4, -0.2) is 9.52 Å². The molecule has 3 aromatic rings. The molecule has 35 heavy (non-hydrogen) atoms. The molecule has 0 fully saturated rings. The van der Waals surface area contributed by atoms with Crippen LogP contribution >= 0.6 is 0 Å². The molecule has 0 amide bonds. The Morgan fingerprint density at radius 1 is 0.657 bits per heavy atom. The molecule has 0 aliphatic heterocycles. The minimum absolute atomic E-state index is 0.726. The zero-order valence-electron chi connectivity index (χ0n) is 21.9. The van der Waals surface area contributed by atoms with Crippen molar-refractivity contribution >= 4 is 14.7 Å². The second-order valence-corrected chi connectivity index (χ2v) is 11.2. The molecule has 0 N–H and O–H groups in total. The number of hydrogen-bond acceptors (Lipinski definition) is 0. The van der Waals surface area contributed by atoms with Crippen LogP contribution in [0.4, 0.5) is 0 Å². The van der Waals surface area contributed by atoms with Gasteiger partial charge in [-0.15, -0.1) is 0 Å². The third-order valence-electron chi connectivity index (χ3n) is 7.04. The van der Waals surface area contributed by atoms with Crippen LogP contribution in [0.1, 0.15) is 76.8 Å². The molecule has 0 saturated carbocycles. The van der Waals surface area contributed by atoms with Crippen LogP contribution in [0.2, 0.25) is 0 Å². The highest BCUT2D eigenvalue weighted by Gasteiger charge is 2.17. The number of benzene rings is 3. The summed E-state index contributed by atoms with van der Waals surface area (Å²) in [6.45, 7) is 6.82. The van der Waals surface area contributed by atoms with Crippen molar-refractivity contribution in [3.05, 3.63) is 101 Å². The molecule has 2 radical (unpaired) electrons. The van der Waals surface area contributed by atoms with Crippen molar-refractivity contribution in [2.75, 3.05) is 0 Å². The molecule has 0 saturated heterocycles. The fourth-order valence-electron chi connectivity index (χ4n) is 5.01. The van der Waals surface area contributed by atoms with E-state index in [2.05, 4.69) is 99.7 Å². The van der Waals surface area contributed by atoms with E-state index in [1.54, 1.807) is 10.8 Å². The summed E-state index contributed by atoms with van der Waals surface area (Å²) in [5.41, 5.74) is 9.92. The molecule has 0 nitrogen and oxygen atoms in total. The van der Waals surface area contributed by atoms with Crippen molar-refractivity contribution in [2.24, 2.45) is 0 Å². The fourth-order valence-corrected chi connectivity index (χ4v) is 6.50. The van der Waals surface area contributed by atoms with Gasteiger partial charge in [0, 0.05) is 0 Å². The van der Waals surface area contributed by atoms with E-state index in [0.717, 1.165) is 15.9 Å². The Labute approximate surface area is 216 Å². The quantitative estimate of drug-likeness (QED) is 0.229. The van der Waals surface area contributed by atoms with Crippen molar-refractivity contribution in [3.63, 3.8) is 0 Å². The van der Waals surface area contributed by atoms with Crippen LogP contribution in [0.5, 0.6) is 0 Å². The van der Waals surface area contributed by atoms with Gasteiger partial charge in [-0.1, -0.05) is 135 Å². The van der Waals surface area contributed by atoms with E-state index in [-0.39, 0.29) is 0 Å². The number of rotatable bonds is 12. The molecule has 1 aliphatic carbocycles. The van der Waals surface area contributed by atoms with Gasteiger partial charge in [0.2, 0.25) is 0 Å². The van der Waals surface area contributed by atoms with Crippen LogP contribution in [0.15, 0.2) is 89.7 Å². The highest BCUT2D eigenvalue weighted by molar-refractivity contribution is 6.63. The highest BCUT2D eigenvalue weighted by Crippen LogP contribution is 2.32. The largest absolute Gasteiger partial charge is 0.117 e. The zero-order chi connectivity index (χ0) is 24.5.